The molecule has 2 amide bonds. The SMILES string of the molecule is Cc1ccccc1NC(=O)COc1ccc(Br)cc1/C=N/NC(=O)c1ccc(COc2ccc(-n3c(C)ccc3C)cc2)o1. The molecular formula is C34H31BrN4O5. The predicted octanol–water partition coefficient (Wildman–Crippen LogP) is 7.12. The van der Waals surface area contributed by atoms with Crippen molar-refractivity contribution < 1.29 is 23.5 Å². The Labute approximate surface area is 263 Å². The Hall–Kier alpha value is -5.09. The van der Waals surface area contributed by atoms with E-state index in [1.807, 2.05) is 55.5 Å². The number of hydrogen-bond donors (Lipinski definition) is 2. The van der Waals surface area contributed by atoms with Crippen molar-refractivity contribution in [1.29, 1.82) is 0 Å². The molecule has 2 heterocycles. The molecule has 0 spiro atoms. The first kappa shape index (κ1) is 30.4. The summed E-state index contributed by atoms with van der Waals surface area (Å²) in [6.07, 6.45) is 1.44. The third kappa shape index (κ3) is 7.64. The normalized spacial score (nSPS) is 11.0. The lowest BCUT2D eigenvalue weighted by Crippen LogP contribution is -2.21. The fourth-order valence-corrected chi connectivity index (χ4v) is 4.89. The summed E-state index contributed by atoms with van der Waals surface area (Å²) in [4.78, 5) is 25.1. The molecule has 0 fully saturated rings. The van der Waals surface area contributed by atoms with Crippen LogP contribution in [-0.2, 0) is 11.4 Å². The molecule has 0 aliphatic heterocycles. The quantitative estimate of drug-likeness (QED) is 0.116. The second-order valence-electron chi connectivity index (χ2n) is 10.0. The number of carbonyl (C=O) groups excluding carboxylic acids is 2. The maximum atomic E-state index is 12.6. The number of anilines is 1. The highest BCUT2D eigenvalue weighted by atomic mass is 79.9. The average Bonchev–Trinajstić information content (AvgIpc) is 3.63. The Morgan fingerprint density at radius 2 is 1.66 bits per heavy atom. The van der Waals surface area contributed by atoms with Gasteiger partial charge >= 0.3 is 5.91 Å². The number of hydrazone groups is 1. The molecule has 9 nitrogen and oxygen atoms in total. The van der Waals surface area contributed by atoms with E-state index in [9.17, 15) is 9.59 Å². The molecule has 224 valence electrons. The number of nitrogens with one attached hydrogen (secondary N) is 2. The van der Waals surface area contributed by atoms with E-state index in [4.69, 9.17) is 13.9 Å². The Kier molecular flexibility index (Phi) is 9.61. The van der Waals surface area contributed by atoms with Gasteiger partial charge in [0.25, 0.3) is 5.91 Å². The van der Waals surface area contributed by atoms with Crippen LogP contribution in [0.2, 0.25) is 0 Å². The van der Waals surface area contributed by atoms with Crippen LogP contribution in [0.15, 0.2) is 105 Å². The lowest BCUT2D eigenvalue weighted by molar-refractivity contribution is -0.118. The number of carbonyl (C=O) groups is 2. The van der Waals surface area contributed by atoms with Crippen molar-refractivity contribution >= 4 is 39.6 Å². The minimum atomic E-state index is -0.524. The van der Waals surface area contributed by atoms with Crippen LogP contribution in [0, 0.1) is 20.8 Å². The molecule has 0 radical (unpaired) electrons. The monoisotopic (exact) mass is 654 g/mol. The molecule has 10 heteroatoms. The van der Waals surface area contributed by atoms with Gasteiger partial charge in [-0.1, -0.05) is 34.1 Å². The fraction of sp³-hybridized carbons (Fsp3) is 0.147. The topological polar surface area (TPSA) is 107 Å². The first-order valence-corrected chi connectivity index (χ1v) is 14.6. The number of para-hydroxylation sites is 1. The molecule has 0 saturated carbocycles. The first-order valence-electron chi connectivity index (χ1n) is 13.8. The summed E-state index contributed by atoms with van der Waals surface area (Å²) in [5, 5.41) is 6.89. The van der Waals surface area contributed by atoms with Gasteiger partial charge in [0.2, 0.25) is 0 Å². The van der Waals surface area contributed by atoms with Gasteiger partial charge in [0, 0.05) is 32.8 Å². The van der Waals surface area contributed by atoms with Crippen LogP contribution in [0.3, 0.4) is 0 Å². The molecular weight excluding hydrogens is 624 g/mol. The van der Waals surface area contributed by atoms with Crippen LogP contribution in [0.4, 0.5) is 5.69 Å². The highest BCUT2D eigenvalue weighted by Gasteiger charge is 2.12. The zero-order valence-corrected chi connectivity index (χ0v) is 26.1. The highest BCUT2D eigenvalue weighted by Crippen LogP contribution is 2.23. The van der Waals surface area contributed by atoms with E-state index in [-0.39, 0.29) is 24.9 Å². The molecule has 0 unspecified atom stereocenters. The second kappa shape index (κ2) is 13.9. The highest BCUT2D eigenvalue weighted by molar-refractivity contribution is 9.10. The summed E-state index contributed by atoms with van der Waals surface area (Å²) >= 11 is 3.43. The lowest BCUT2D eigenvalue weighted by atomic mass is 10.2. The van der Waals surface area contributed by atoms with Gasteiger partial charge in [-0.3, -0.25) is 9.59 Å². The number of rotatable bonds is 11. The van der Waals surface area contributed by atoms with Crippen LogP contribution < -0.4 is 20.2 Å². The van der Waals surface area contributed by atoms with Gasteiger partial charge in [0.05, 0.1) is 6.21 Å². The maximum Gasteiger partial charge on any atom is 0.307 e. The Morgan fingerprint density at radius 1 is 0.909 bits per heavy atom. The molecule has 0 bridgehead atoms. The Balaban J connectivity index is 1.13. The van der Waals surface area contributed by atoms with Crippen LogP contribution in [0.1, 0.15) is 38.8 Å². The van der Waals surface area contributed by atoms with E-state index in [1.54, 1.807) is 30.3 Å². The van der Waals surface area contributed by atoms with Gasteiger partial charge in [-0.05, 0) is 99.1 Å². The number of aromatic nitrogens is 1. The number of furan rings is 1. The predicted molar refractivity (Wildman–Crippen MR) is 173 cm³/mol. The number of amides is 2. The second-order valence-corrected chi connectivity index (χ2v) is 10.9. The zero-order valence-electron chi connectivity index (χ0n) is 24.5. The van der Waals surface area contributed by atoms with E-state index in [0.717, 1.165) is 32.8 Å². The van der Waals surface area contributed by atoms with Gasteiger partial charge < -0.3 is 23.8 Å². The average molecular weight is 656 g/mol. The van der Waals surface area contributed by atoms with Crippen molar-refractivity contribution in [3.8, 4) is 17.2 Å². The summed E-state index contributed by atoms with van der Waals surface area (Å²) in [6.45, 7) is 6.01. The molecule has 0 aliphatic carbocycles. The molecule has 2 aromatic heterocycles. The molecule has 5 rings (SSSR count). The van der Waals surface area contributed by atoms with Gasteiger partial charge in [0.15, 0.2) is 12.4 Å². The molecule has 44 heavy (non-hydrogen) atoms. The zero-order chi connectivity index (χ0) is 31.1. The van der Waals surface area contributed by atoms with Crippen molar-refractivity contribution in [3.63, 3.8) is 0 Å². The molecule has 0 atom stereocenters. The number of benzene rings is 3. The molecule has 2 N–H and O–H groups in total. The molecule has 3 aromatic carbocycles. The lowest BCUT2D eigenvalue weighted by Gasteiger charge is -2.11. The molecule has 5 aromatic rings. The van der Waals surface area contributed by atoms with Crippen LogP contribution >= 0.6 is 15.9 Å². The van der Waals surface area contributed by atoms with E-state index in [2.05, 4.69) is 62.3 Å². The molecule has 0 aliphatic rings. The Bertz CT molecular complexity index is 1790. The van der Waals surface area contributed by atoms with Gasteiger partial charge in [-0.25, -0.2) is 5.43 Å². The van der Waals surface area contributed by atoms with Gasteiger partial charge in [-0.2, -0.15) is 5.10 Å². The van der Waals surface area contributed by atoms with Gasteiger partial charge in [-0.15, -0.1) is 0 Å². The van der Waals surface area contributed by atoms with Crippen molar-refractivity contribution in [3.05, 3.63) is 130 Å². The van der Waals surface area contributed by atoms with Crippen molar-refractivity contribution in [1.82, 2.24) is 9.99 Å². The van der Waals surface area contributed by atoms with E-state index in [1.165, 1.54) is 6.21 Å². The van der Waals surface area contributed by atoms with E-state index >= 15 is 0 Å². The number of hydrogen-bond acceptors (Lipinski definition) is 6. The van der Waals surface area contributed by atoms with Crippen molar-refractivity contribution in [2.75, 3.05) is 11.9 Å². The van der Waals surface area contributed by atoms with Crippen LogP contribution in [-0.4, -0.2) is 29.2 Å². The van der Waals surface area contributed by atoms with Gasteiger partial charge in [0.1, 0.15) is 23.9 Å². The van der Waals surface area contributed by atoms with Crippen LogP contribution in [0.25, 0.3) is 5.69 Å². The smallest absolute Gasteiger partial charge is 0.307 e. The minimum Gasteiger partial charge on any atom is -0.486 e. The number of halogens is 1. The van der Waals surface area contributed by atoms with Crippen molar-refractivity contribution in [2.45, 2.75) is 27.4 Å². The third-order valence-corrected chi connectivity index (χ3v) is 7.25. The standard InChI is InChI=1S/C34H31BrN4O5/c1-22-6-4-5-7-30(22)37-33(40)21-43-31-16-10-26(35)18-25(31)19-36-38-34(41)32-17-15-29(44-32)20-42-28-13-11-27(12-14-28)39-23(2)8-9-24(39)3/h4-19H,20-21H2,1-3H3,(H,37,40)(H,38,41)/b36-19+. The van der Waals surface area contributed by atoms with E-state index < -0.39 is 5.91 Å². The maximum absolute atomic E-state index is 12.6. The summed E-state index contributed by atoms with van der Waals surface area (Å²) in [5.74, 6) is 0.873. The Morgan fingerprint density at radius 3 is 2.41 bits per heavy atom. The number of nitrogens with zero attached hydrogens (tertiary/aromatic N) is 2. The summed E-state index contributed by atoms with van der Waals surface area (Å²) in [6, 6.07) is 28.0. The largest absolute Gasteiger partial charge is 0.486 e. The minimum absolute atomic E-state index is 0.0910. The fourth-order valence-electron chi connectivity index (χ4n) is 4.51. The third-order valence-electron chi connectivity index (χ3n) is 6.75. The summed E-state index contributed by atoms with van der Waals surface area (Å²) in [7, 11) is 0. The summed E-state index contributed by atoms with van der Waals surface area (Å²) < 4.78 is 20.2. The first-order chi connectivity index (χ1) is 21.3. The number of aryl methyl sites for hydroxylation is 3. The van der Waals surface area contributed by atoms with E-state index in [0.29, 0.717) is 22.8 Å². The van der Waals surface area contributed by atoms with Crippen LogP contribution in [0.5, 0.6) is 11.5 Å². The van der Waals surface area contributed by atoms with Crippen molar-refractivity contribution in [2.24, 2.45) is 5.10 Å². The number of ether oxygens (including phenoxy) is 2. The summed E-state index contributed by atoms with van der Waals surface area (Å²) in [5.41, 5.74) is 8.06. The molecule has 0 saturated heterocycles.